The molecule has 2 nitrogen and oxygen atoms in total. The first-order chi connectivity index (χ1) is 8.92. The van der Waals surface area contributed by atoms with Crippen LogP contribution in [0.1, 0.15) is 72.1 Å². The van der Waals surface area contributed by atoms with Crippen LogP contribution >= 0.6 is 0 Å². The van der Waals surface area contributed by atoms with Crippen molar-refractivity contribution in [1.29, 1.82) is 0 Å². The molecule has 2 aliphatic carbocycles. The monoisotopic (exact) mass is 267 g/mol. The Morgan fingerprint density at radius 3 is 2.26 bits per heavy atom. The van der Waals surface area contributed by atoms with Gasteiger partial charge in [0.05, 0.1) is 5.60 Å². The number of rotatable bonds is 3. The molecule has 0 aromatic heterocycles. The summed E-state index contributed by atoms with van der Waals surface area (Å²) in [5.41, 5.74) is 5.67. The van der Waals surface area contributed by atoms with Gasteiger partial charge >= 0.3 is 0 Å². The van der Waals surface area contributed by atoms with Crippen molar-refractivity contribution < 1.29 is 5.11 Å². The lowest BCUT2D eigenvalue weighted by Gasteiger charge is -2.53. The van der Waals surface area contributed by atoms with Gasteiger partial charge in [0.2, 0.25) is 0 Å². The van der Waals surface area contributed by atoms with Crippen molar-refractivity contribution in [2.45, 2.75) is 77.7 Å². The first kappa shape index (κ1) is 15.3. The Hall–Kier alpha value is -0.0800. The van der Waals surface area contributed by atoms with Crippen LogP contribution in [-0.4, -0.2) is 17.3 Å². The van der Waals surface area contributed by atoms with Crippen LogP contribution in [0.5, 0.6) is 0 Å². The maximum absolute atomic E-state index is 11.3. The molecule has 2 unspecified atom stereocenters. The quantitative estimate of drug-likeness (QED) is 0.818. The van der Waals surface area contributed by atoms with Gasteiger partial charge in [0.1, 0.15) is 0 Å². The van der Waals surface area contributed by atoms with E-state index in [0.717, 1.165) is 43.4 Å². The molecule has 0 bridgehead atoms. The summed E-state index contributed by atoms with van der Waals surface area (Å²) in [4.78, 5) is 0. The zero-order valence-corrected chi connectivity index (χ0v) is 13.1. The normalized spacial score (nSPS) is 44.5. The number of hydrogen-bond acceptors (Lipinski definition) is 2. The summed E-state index contributed by atoms with van der Waals surface area (Å²) >= 11 is 0. The maximum Gasteiger partial charge on any atom is 0.0716 e. The van der Waals surface area contributed by atoms with Crippen LogP contribution in [0.25, 0.3) is 0 Å². The van der Waals surface area contributed by atoms with Crippen molar-refractivity contribution >= 4 is 0 Å². The summed E-state index contributed by atoms with van der Waals surface area (Å²) in [7, 11) is 0. The molecule has 2 rings (SSSR count). The zero-order valence-electron chi connectivity index (χ0n) is 13.1. The average molecular weight is 267 g/mol. The van der Waals surface area contributed by atoms with E-state index in [1.54, 1.807) is 0 Å². The van der Waals surface area contributed by atoms with Crippen molar-refractivity contribution in [3.63, 3.8) is 0 Å². The standard InChI is InChI=1S/C17H33NO/c1-13(2)15-6-9-17(19,10-7-15)16(12-18)8-4-5-14(3)11-16/h13-15,19H,4-12,18H2,1-3H3. The van der Waals surface area contributed by atoms with Gasteiger partial charge in [0, 0.05) is 12.0 Å². The second-order valence-corrected chi connectivity index (χ2v) is 7.80. The van der Waals surface area contributed by atoms with Crippen molar-refractivity contribution in [2.24, 2.45) is 28.9 Å². The first-order valence-corrected chi connectivity index (χ1v) is 8.35. The Morgan fingerprint density at radius 2 is 1.79 bits per heavy atom. The van der Waals surface area contributed by atoms with Crippen LogP contribution in [0.2, 0.25) is 0 Å². The smallest absolute Gasteiger partial charge is 0.0716 e. The van der Waals surface area contributed by atoms with E-state index in [1.165, 1.54) is 25.7 Å². The Kier molecular flexibility index (Phi) is 4.62. The summed E-state index contributed by atoms with van der Waals surface area (Å²) in [6.07, 6.45) is 9.14. The van der Waals surface area contributed by atoms with E-state index in [9.17, 15) is 5.11 Å². The third-order valence-electron chi connectivity index (χ3n) is 6.27. The van der Waals surface area contributed by atoms with Crippen LogP contribution < -0.4 is 5.73 Å². The minimum Gasteiger partial charge on any atom is -0.389 e. The van der Waals surface area contributed by atoms with Gasteiger partial charge in [-0.3, -0.25) is 0 Å². The molecule has 2 saturated carbocycles. The van der Waals surface area contributed by atoms with Crippen LogP contribution in [0.15, 0.2) is 0 Å². The maximum atomic E-state index is 11.3. The van der Waals surface area contributed by atoms with E-state index in [-0.39, 0.29) is 5.41 Å². The molecule has 2 heteroatoms. The SMILES string of the molecule is CC1CCCC(CN)(C2(O)CCC(C(C)C)CC2)C1. The van der Waals surface area contributed by atoms with Gasteiger partial charge < -0.3 is 10.8 Å². The zero-order chi connectivity index (χ0) is 14.1. The summed E-state index contributed by atoms with van der Waals surface area (Å²) in [6.45, 7) is 7.62. The number of nitrogens with two attached hydrogens (primary N) is 1. The van der Waals surface area contributed by atoms with Crippen LogP contribution in [0, 0.1) is 23.2 Å². The Bertz CT molecular complexity index is 294. The Morgan fingerprint density at radius 1 is 1.16 bits per heavy atom. The summed E-state index contributed by atoms with van der Waals surface area (Å²) in [6, 6.07) is 0. The van der Waals surface area contributed by atoms with E-state index in [4.69, 9.17) is 5.73 Å². The van der Waals surface area contributed by atoms with Gasteiger partial charge in [-0.2, -0.15) is 0 Å². The van der Waals surface area contributed by atoms with Crippen molar-refractivity contribution in [2.75, 3.05) is 6.54 Å². The molecule has 0 heterocycles. The first-order valence-electron chi connectivity index (χ1n) is 8.35. The third kappa shape index (κ3) is 2.85. The molecule has 0 radical (unpaired) electrons. The Labute approximate surface area is 119 Å². The topological polar surface area (TPSA) is 46.2 Å². The van der Waals surface area contributed by atoms with E-state index >= 15 is 0 Å². The Balaban J connectivity index is 2.10. The second-order valence-electron chi connectivity index (χ2n) is 7.80. The minimum atomic E-state index is -0.484. The molecule has 2 fully saturated rings. The van der Waals surface area contributed by atoms with Crippen LogP contribution in [-0.2, 0) is 0 Å². The molecule has 0 aromatic rings. The fourth-order valence-corrected chi connectivity index (χ4v) is 4.77. The minimum absolute atomic E-state index is 0.00656. The molecule has 0 saturated heterocycles. The predicted molar refractivity (Wildman–Crippen MR) is 80.9 cm³/mol. The molecule has 112 valence electrons. The molecular weight excluding hydrogens is 234 g/mol. The summed E-state index contributed by atoms with van der Waals surface area (Å²) < 4.78 is 0. The molecular formula is C17H33NO. The highest BCUT2D eigenvalue weighted by Crippen LogP contribution is 2.53. The average Bonchev–Trinajstić information content (AvgIpc) is 2.39. The highest BCUT2D eigenvalue weighted by Gasteiger charge is 2.51. The molecule has 0 amide bonds. The van der Waals surface area contributed by atoms with E-state index in [2.05, 4.69) is 20.8 Å². The van der Waals surface area contributed by atoms with E-state index in [1.807, 2.05) is 0 Å². The lowest BCUT2D eigenvalue weighted by molar-refractivity contribution is -0.137. The lowest BCUT2D eigenvalue weighted by Crippen LogP contribution is -2.56. The molecule has 0 aliphatic heterocycles. The lowest BCUT2D eigenvalue weighted by atomic mass is 9.55. The van der Waals surface area contributed by atoms with Crippen molar-refractivity contribution in [3.05, 3.63) is 0 Å². The molecule has 2 atom stereocenters. The fourth-order valence-electron chi connectivity index (χ4n) is 4.77. The highest BCUT2D eigenvalue weighted by molar-refractivity contribution is 5.04. The number of hydrogen-bond donors (Lipinski definition) is 2. The van der Waals surface area contributed by atoms with Gasteiger partial charge in [0.15, 0.2) is 0 Å². The van der Waals surface area contributed by atoms with Gasteiger partial charge in [-0.05, 0) is 56.3 Å². The van der Waals surface area contributed by atoms with Crippen LogP contribution in [0.4, 0.5) is 0 Å². The summed E-state index contributed by atoms with van der Waals surface area (Å²) in [5, 5.41) is 11.3. The van der Waals surface area contributed by atoms with Crippen molar-refractivity contribution in [3.8, 4) is 0 Å². The highest BCUT2D eigenvalue weighted by atomic mass is 16.3. The largest absolute Gasteiger partial charge is 0.389 e. The van der Waals surface area contributed by atoms with Gasteiger partial charge in [-0.15, -0.1) is 0 Å². The molecule has 19 heavy (non-hydrogen) atoms. The molecule has 0 spiro atoms. The van der Waals surface area contributed by atoms with Crippen molar-refractivity contribution in [1.82, 2.24) is 0 Å². The molecule has 3 N–H and O–H groups in total. The van der Waals surface area contributed by atoms with E-state index < -0.39 is 5.60 Å². The van der Waals surface area contributed by atoms with Gasteiger partial charge in [-0.1, -0.05) is 33.6 Å². The summed E-state index contributed by atoms with van der Waals surface area (Å²) in [5.74, 6) is 2.28. The second kappa shape index (κ2) is 5.73. The number of aliphatic hydroxyl groups is 1. The van der Waals surface area contributed by atoms with E-state index in [0.29, 0.717) is 6.54 Å². The molecule has 2 aliphatic rings. The fraction of sp³-hybridized carbons (Fsp3) is 1.00. The predicted octanol–water partition coefficient (Wildman–Crippen LogP) is 3.72. The van der Waals surface area contributed by atoms with Gasteiger partial charge in [0.25, 0.3) is 0 Å². The molecule has 0 aromatic carbocycles. The van der Waals surface area contributed by atoms with Crippen LogP contribution in [0.3, 0.4) is 0 Å². The van der Waals surface area contributed by atoms with Gasteiger partial charge in [-0.25, -0.2) is 0 Å². The third-order valence-corrected chi connectivity index (χ3v) is 6.27.